The minimum atomic E-state index is -4.36. The Morgan fingerprint density at radius 1 is 0.960 bits per heavy atom. The van der Waals surface area contributed by atoms with Gasteiger partial charge in [0.25, 0.3) is 15.0 Å². The second-order valence-electron chi connectivity index (χ2n) is 5.72. The summed E-state index contributed by atoms with van der Waals surface area (Å²) in [5, 5.41) is 11.3. The van der Waals surface area contributed by atoms with Crippen LogP contribution in [0.5, 0.6) is 0 Å². The molecule has 0 bridgehead atoms. The van der Waals surface area contributed by atoms with Crippen molar-refractivity contribution in [3.63, 3.8) is 0 Å². The predicted molar refractivity (Wildman–Crippen MR) is 92.4 cm³/mol. The van der Waals surface area contributed by atoms with Crippen LogP contribution in [0.3, 0.4) is 0 Å². The lowest BCUT2D eigenvalue weighted by atomic mass is 9.99. The maximum absolute atomic E-state index is 13.2. The van der Waals surface area contributed by atoms with Crippen molar-refractivity contribution in [1.29, 1.82) is 0 Å². The third-order valence-corrected chi connectivity index (χ3v) is 6.40. The summed E-state index contributed by atoms with van der Waals surface area (Å²) < 4.78 is 32.7. The first-order valence-electron chi connectivity index (χ1n) is 7.93. The molecule has 132 valence electrons. The summed E-state index contributed by atoms with van der Waals surface area (Å²) in [5.74, 6) is -0.870. The van der Waals surface area contributed by atoms with Crippen LogP contribution in [0.1, 0.15) is 15.9 Å². The molecule has 1 heterocycles. The quantitative estimate of drug-likeness (QED) is 0.814. The summed E-state index contributed by atoms with van der Waals surface area (Å²) in [5.41, 5.74) is 0.154. The van der Waals surface area contributed by atoms with Gasteiger partial charge < -0.3 is 9.84 Å². The number of carbonyl (C=O) groups is 1. The summed E-state index contributed by atoms with van der Waals surface area (Å²) in [4.78, 5) is 10.4. The van der Waals surface area contributed by atoms with Crippen LogP contribution in [0.2, 0.25) is 0 Å². The zero-order valence-electron chi connectivity index (χ0n) is 13.5. The fourth-order valence-electron chi connectivity index (χ4n) is 2.82. The van der Waals surface area contributed by atoms with Crippen LogP contribution in [-0.4, -0.2) is 49.9 Å². The number of sulfonamides is 1. The molecule has 0 radical (unpaired) electrons. The minimum absolute atomic E-state index is 0.0235. The summed E-state index contributed by atoms with van der Waals surface area (Å²) in [6, 6.07) is 15.7. The number of nitrogens with zero attached hydrogens (tertiary/aromatic N) is 1. The van der Waals surface area contributed by atoms with E-state index >= 15 is 0 Å². The van der Waals surface area contributed by atoms with Crippen molar-refractivity contribution >= 4 is 15.8 Å². The van der Waals surface area contributed by atoms with E-state index in [1.807, 2.05) is 0 Å². The normalized spacial score (nSPS) is 18.4. The highest BCUT2D eigenvalue weighted by Crippen LogP contribution is 2.34. The Bertz CT molecular complexity index is 832. The van der Waals surface area contributed by atoms with E-state index in [2.05, 4.69) is 0 Å². The van der Waals surface area contributed by atoms with Crippen LogP contribution in [0.15, 0.2) is 60.7 Å². The van der Waals surface area contributed by atoms with E-state index in [0.717, 1.165) is 4.31 Å². The molecular weight excluding hydrogens is 342 g/mol. The van der Waals surface area contributed by atoms with Crippen molar-refractivity contribution in [3.8, 4) is 0 Å². The fourth-order valence-corrected chi connectivity index (χ4v) is 4.61. The first-order chi connectivity index (χ1) is 12.0. The van der Waals surface area contributed by atoms with Gasteiger partial charge in [-0.15, -0.1) is 0 Å². The Labute approximate surface area is 146 Å². The molecule has 1 atom stereocenters. The number of ketones is 1. The Balaban J connectivity index is 2.14. The smallest absolute Gasteiger partial charge is 0.270 e. The lowest BCUT2D eigenvalue weighted by molar-refractivity contribution is 0.0509. The van der Waals surface area contributed by atoms with Crippen molar-refractivity contribution < 1.29 is 23.1 Å². The average molecular weight is 361 g/mol. The van der Waals surface area contributed by atoms with Gasteiger partial charge in [0.05, 0.1) is 13.2 Å². The summed E-state index contributed by atoms with van der Waals surface area (Å²) in [7, 11) is -4.36. The Kier molecular flexibility index (Phi) is 5.01. The van der Waals surface area contributed by atoms with Gasteiger partial charge in [-0.25, -0.2) is 8.42 Å². The van der Waals surface area contributed by atoms with Gasteiger partial charge in [-0.05, 0) is 0 Å². The number of Topliss-reactive ketones (excluding diaryl/α,β-unsaturated/α-hetero) is 1. The summed E-state index contributed by atoms with van der Waals surface area (Å²) in [6.45, 7) is 0.645. The zero-order chi connectivity index (χ0) is 17.9. The molecule has 25 heavy (non-hydrogen) atoms. The van der Waals surface area contributed by atoms with Gasteiger partial charge in [-0.2, -0.15) is 4.31 Å². The zero-order valence-corrected chi connectivity index (χ0v) is 14.4. The molecule has 0 amide bonds. The SMILES string of the molecule is O=C(c1ccccc1)C(O)(c1ccccc1)S(=O)(=O)N1CCOCC1. The topological polar surface area (TPSA) is 83.9 Å². The molecule has 3 rings (SSSR count). The number of rotatable bonds is 5. The van der Waals surface area contributed by atoms with Gasteiger partial charge in [-0.1, -0.05) is 60.7 Å². The molecule has 1 aliphatic rings. The van der Waals surface area contributed by atoms with Gasteiger partial charge in [0.2, 0.25) is 5.78 Å². The number of carbonyl (C=O) groups excluding carboxylic acids is 1. The largest absolute Gasteiger partial charge is 0.379 e. The summed E-state index contributed by atoms with van der Waals surface area (Å²) >= 11 is 0. The highest BCUT2D eigenvalue weighted by atomic mass is 32.2. The molecule has 1 aliphatic heterocycles. The molecule has 2 aromatic rings. The molecule has 0 aromatic heterocycles. The first kappa shape index (κ1) is 17.8. The number of hydrogen-bond acceptors (Lipinski definition) is 5. The van der Waals surface area contributed by atoms with E-state index in [1.54, 1.807) is 36.4 Å². The Morgan fingerprint density at radius 3 is 2.04 bits per heavy atom. The van der Waals surface area contributed by atoms with Gasteiger partial charge in [0.15, 0.2) is 0 Å². The molecule has 0 aliphatic carbocycles. The number of benzene rings is 2. The monoisotopic (exact) mass is 361 g/mol. The van der Waals surface area contributed by atoms with E-state index in [-0.39, 0.29) is 37.4 Å². The van der Waals surface area contributed by atoms with Crippen LogP contribution in [-0.2, 0) is 19.7 Å². The van der Waals surface area contributed by atoms with Crippen molar-refractivity contribution in [3.05, 3.63) is 71.8 Å². The lowest BCUT2D eigenvalue weighted by Crippen LogP contribution is -2.54. The maximum atomic E-state index is 13.2. The Morgan fingerprint density at radius 2 is 1.48 bits per heavy atom. The second-order valence-corrected chi connectivity index (χ2v) is 7.78. The molecule has 0 spiro atoms. The average Bonchev–Trinajstić information content (AvgIpc) is 2.68. The van der Waals surface area contributed by atoms with E-state index in [9.17, 15) is 18.3 Å². The highest BCUT2D eigenvalue weighted by Gasteiger charge is 2.53. The second kappa shape index (κ2) is 7.05. The third kappa shape index (κ3) is 3.11. The van der Waals surface area contributed by atoms with Gasteiger partial charge >= 0.3 is 0 Å². The van der Waals surface area contributed by atoms with Crippen molar-refractivity contribution in [2.75, 3.05) is 26.3 Å². The molecule has 1 fully saturated rings. The predicted octanol–water partition coefficient (Wildman–Crippen LogP) is 1.38. The molecule has 1 saturated heterocycles. The van der Waals surface area contributed by atoms with E-state index in [4.69, 9.17) is 4.74 Å². The molecule has 6 nitrogen and oxygen atoms in total. The van der Waals surface area contributed by atoms with E-state index < -0.39 is 20.7 Å². The van der Waals surface area contributed by atoms with Crippen LogP contribution >= 0.6 is 0 Å². The maximum Gasteiger partial charge on any atom is 0.270 e. The molecule has 1 N–H and O–H groups in total. The van der Waals surface area contributed by atoms with E-state index in [1.165, 1.54) is 24.3 Å². The van der Waals surface area contributed by atoms with Crippen molar-refractivity contribution in [2.45, 2.75) is 4.93 Å². The minimum Gasteiger partial charge on any atom is -0.379 e. The molecule has 0 saturated carbocycles. The van der Waals surface area contributed by atoms with E-state index in [0.29, 0.717) is 0 Å². The van der Waals surface area contributed by atoms with Crippen molar-refractivity contribution in [2.24, 2.45) is 0 Å². The molecule has 2 aromatic carbocycles. The fraction of sp³-hybridized carbons (Fsp3) is 0.278. The Hall–Kier alpha value is -2.06. The van der Waals surface area contributed by atoms with Gasteiger partial charge in [0, 0.05) is 24.2 Å². The number of hydrogen-bond donors (Lipinski definition) is 1. The van der Waals surface area contributed by atoms with Gasteiger partial charge in [-0.3, -0.25) is 4.79 Å². The molecule has 7 heteroatoms. The van der Waals surface area contributed by atoms with Gasteiger partial charge in [0.1, 0.15) is 0 Å². The van der Waals surface area contributed by atoms with Crippen LogP contribution in [0.25, 0.3) is 0 Å². The lowest BCUT2D eigenvalue weighted by Gasteiger charge is -2.34. The highest BCUT2D eigenvalue weighted by molar-refractivity contribution is 7.90. The molecular formula is C18H19NO5S. The first-order valence-corrected chi connectivity index (χ1v) is 9.37. The standard InChI is InChI=1S/C18H19NO5S/c20-17(15-7-3-1-4-8-15)18(21,16-9-5-2-6-10-16)25(22,23)19-11-13-24-14-12-19/h1-10,21H,11-14H2. The number of morpholine rings is 1. The van der Waals surface area contributed by atoms with Crippen LogP contribution in [0.4, 0.5) is 0 Å². The summed E-state index contributed by atoms with van der Waals surface area (Å²) in [6.07, 6.45) is 0. The molecule has 1 unspecified atom stereocenters. The van der Waals surface area contributed by atoms with Crippen LogP contribution < -0.4 is 0 Å². The van der Waals surface area contributed by atoms with Crippen LogP contribution in [0, 0.1) is 0 Å². The number of ether oxygens (including phenoxy) is 1. The number of aliphatic hydroxyl groups is 1. The van der Waals surface area contributed by atoms with Crippen molar-refractivity contribution in [1.82, 2.24) is 4.31 Å². The third-order valence-electron chi connectivity index (χ3n) is 4.19.